The maximum Gasteiger partial charge on any atom is 0.407 e. The largest absolute Gasteiger partial charge is 0.447 e. The third-order valence-electron chi connectivity index (χ3n) is 6.11. The first-order chi connectivity index (χ1) is 11.5. The summed E-state index contributed by atoms with van der Waals surface area (Å²) in [5.41, 5.74) is 2.48. The fraction of sp³-hybridized carbons (Fsp3) is 0.579. The summed E-state index contributed by atoms with van der Waals surface area (Å²) in [6.07, 6.45) is 3.15. The van der Waals surface area contributed by atoms with Gasteiger partial charge in [0.2, 0.25) is 5.91 Å². The van der Waals surface area contributed by atoms with Gasteiger partial charge in [0.05, 0.1) is 5.54 Å². The Hall–Kier alpha value is -2.04. The Kier molecular flexibility index (Phi) is 3.55. The number of carbonyl (C=O) groups excluding carboxylic acids is 2. The van der Waals surface area contributed by atoms with Gasteiger partial charge in [-0.25, -0.2) is 4.79 Å². The minimum atomic E-state index is -0.352. The highest BCUT2D eigenvalue weighted by Gasteiger charge is 2.53. The van der Waals surface area contributed by atoms with Crippen molar-refractivity contribution in [1.29, 1.82) is 0 Å². The Balaban J connectivity index is 1.30. The van der Waals surface area contributed by atoms with E-state index in [1.807, 2.05) is 11.9 Å². The number of ether oxygens (including phenoxy) is 1. The molecule has 5 heteroatoms. The molecule has 4 rings (SSSR count). The Morgan fingerprint density at radius 3 is 2.62 bits per heavy atom. The van der Waals surface area contributed by atoms with Crippen molar-refractivity contribution in [2.75, 3.05) is 13.7 Å². The number of rotatable bonds is 3. The minimum absolute atomic E-state index is 0.0227. The lowest BCUT2D eigenvalue weighted by molar-refractivity contribution is -0.143. The topological polar surface area (TPSA) is 58.6 Å². The molecule has 1 N–H and O–H groups in total. The number of alkyl carbamates (subject to hydrolysis) is 1. The molecule has 24 heavy (non-hydrogen) atoms. The zero-order valence-electron chi connectivity index (χ0n) is 14.2. The molecule has 2 aliphatic carbocycles. The summed E-state index contributed by atoms with van der Waals surface area (Å²) in [5, 5.41) is 2.85. The molecule has 1 saturated heterocycles. The number of nitrogens with zero attached hydrogens (tertiary/aromatic N) is 1. The average Bonchev–Trinajstić information content (AvgIpc) is 2.87. The van der Waals surface area contributed by atoms with Crippen LogP contribution in [0.3, 0.4) is 0 Å². The third-order valence-corrected chi connectivity index (χ3v) is 6.11. The highest BCUT2D eigenvalue weighted by atomic mass is 16.6. The summed E-state index contributed by atoms with van der Waals surface area (Å²) in [4.78, 5) is 25.8. The van der Waals surface area contributed by atoms with Crippen molar-refractivity contribution in [1.82, 2.24) is 10.2 Å². The highest BCUT2D eigenvalue weighted by Crippen LogP contribution is 2.44. The number of nitrogens with one attached hydrogen (secondary N) is 1. The van der Waals surface area contributed by atoms with Crippen molar-refractivity contribution in [3.63, 3.8) is 0 Å². The van der Waals surface area contributed by atoms with Gasteiger partial charge in [-0.3, -0.25) is 4.79 Å². The molecule has 1 spiro atoms. The maximum atomic E-state index is 12.7. The lowest BCUT2D eigenvalue weighted by Gasteiger charge is -2.47. The van der Waals surface area contributed by atoms with E-state index in [1.54, 1.807) is 0 Å². The summed E-state index contributed by atoms with van der Waals surface area (Å²) >= 11 is 0. The molecule has 0 unspecified atom stereocenters. The van der Waals surface area contributed by atoms with Gasteiger partial charge in [0.15, 0.2) is 0 Å². The van der Waals surface area contributed by atoms with E-state index in [0.29, 0.717) is 31.4 Å². The van der Waals surface area contributed by atoms with Crippen LogP contribution in [0, 0.1) is 12.8 Å². The SMILES string of the molecule is Cc1ccccc1[C@H]1C[C@H](N(C)C(=O)[C@H]2C[C@]3(COC(=O)N3)C2)C1. The van der Waals surface area contributed by atoms with Crippen LogP contribution in [0.5, 0.6) is 0 Å². The second-order valence-corrected chi connectivity index (χ2v) is 7.71. The highest BCUT2D eigenvalue weighted by molar-refractivity contribution is 5.81. The van der Waals surface area contributed by atoms with Crippen molar-refractivity contribution in [3.8, 4) is 0 Å². The number of benzene rings is 1. The van der Waals surface area contributed by atoms with Gasteiger partial charge < -0.3 is 15.0 Å². The van der Waals surface area contributed by atoms with Crippen LogP contribution in [0.25, 0.3) is 0 Å². The van der Waals surface area contributed by atoms with E-state index in [0.717, 1.165) is 12.8 Å². The molecule has 5 nitrogen and oxygen atoms in total. The molecule has 128 valence electrons. The van der Waals surface area contributed by atoms with Crippen LogP contribution in [0.2, 0.25) is 0 Å². The molecule has 1 aromatic rings. The van der Waals surface area contributed by atoms with Gasteiger partial charge >= 0.3 is 6.09 Å². The molecule has 3 fully saturated rings. The number of hydrogen-bond donors (Lipinski definition) is 1. The van der Waals surface area contributed by atoms with Crippen LogP contribution in [0.15, 0.2) is 24.3 Å². The average molecular weight is 328 g/mol. The standard InChI is InChI=1S/C19H24N2O3/c1-12-5-3-4-6-16(12)13-7-15(8-13)21(2)17(22)14-9-19(10-14)11-24-18(23)20-19/h3-6,13-15H,7-11H2,1-2H3,(H,20,23)/t13-,14-,15-,19+. The number of cyclic esters (lactones) is 1. The molecule has 3 aliphatic rings. The van der Waals surface area contributed by atoms with E-state index in [4.69, 9.17) is 4.74 Å². The Labute approximate surface area is 142 Å². The van der Waals surface area contributed by atoms with Crippen molar-refractivity contribution < 1.29 is 14.3 Å². The zero-order valence-corrected chi connectivity index (χ0v) is 14.2. The lowest BCUT2D eigenvalue weighted by Crippen LogP contribution is -2.59. The lowest BCUT2D eigenvalue weighted by atomic mass is 9.67. The quantitative estimate of drug-likeness (QED) is 0.928. The van der Waals surface area contributed by atoms with Gasteiger partial charge in [-0.05, 0) is 49.7 Å². The summed E-state index contributed by atoms with van der Waals surface area (Å²) in [6.45, 7) is 2.56. The summed E-state index contributed by atoms with van der Waals surface area (Å²) in [5.74, 6) is 0.811. The first-order valence-electron chi connectivity index (χ1n) is 8.74. The summed E-state index contributed by atoms with van der Waals surface area (Å²) in [7, 11) is 1.93. The van der Waals surface area contributed by atoms with Crippen molar-refractivity contribution in [2.45, 2.75) is 50.1 Å². The van der Waals surface area contributed by atoms with Crippen molar-refractivity contribution in [2.24, 2.45) is 5.92 Å². The normalized spacial score (nSPS) is 34.1. The van der Waals surface area contributed by atoms with Gasteiger partial charge in [-0.15, -0.1) is 0 Å². The van der Waals surface area contributed by atoms with E-state index in [9.17, 15) is 9.59 Å². The Morgan fingerprint density at radius 1 is 1.29 bits per heavy atom. The molecule has 0 bridgehead atoms. The molecular weight excluding hydrogens is 304 g/mol. The second kappa shape index (κ2) is 5.50. The van der Waals surface area contributed by atoms with Crippen LogP contribution in [-0.4, -0.2) is 42.1 Å². The molecule has 2 amide bonds. The van der Waals surface area contributed by atoms with E-state index < -0.39 is 0 Å². The molecular formula is C19H24N2O3. The van der Waals surface area contributed by atoms with Crippen LogP contribution < -0.4 is 5.32 Å². The molecule has 2 saturated carbocycles. The summed E-state index contributed by atoms with van der Waals surface area (Å²) in [6, 6.07) is 8.87. The number of amides is 2. The van der Waals surface area contributed by atoms with E-state index in [2.05, 4.69) is 36.5 Å². The predicted octanol–water partition coefficient (Wildman–Crippen LogP) is 2.59. The molecule has 0 radical (unpaired) electrons. The van der Waals surface area contributed by atoms with E-state index in [-0.39, 0.29) is 23.5 Å². The maximum absolute atomic E-state index is 12.7. The number of hydrogen-bond acceptors (Lipinski definition) is 3. The molecule has 0 aromatic heterocycles. The van der Waals surface area contributed by atoms with Gasteiger partial charge in [0.1, 0.15) is 6.61 Å². The van der Waals surface area contributed by atoms with Gasteiger partial charge in [0.25, 0.3) is 0 Å². The monoisotopic (exact) mass is 328 g/mol. The van der Waals surface area contributed by atoms with E-state index in [1.165, 1.54) is 11.1 Å². The Bertz CT molecular complexity index is 675. The smallest absolute Gasteiger partial charge is 0.407 e. The zero-order chi connectivity index (χ0) is 16.9. The minimum Gasteiger partial charge on any atom is -0.447 e. The first kappa shape index (κ1) is 15.5. The fourth-order valence-corrected chi connectivity index (χ4v) is 4.44. The number of aryl methyl sites for hydroxylation is 1. The van der Waals surface area contributed by atoms with E-state index >= 15 is 0 Å². The van der Waals surface area contributed by atoms with Crippen LogP contribution in [0.4, 0.5) is 4.79 Å². The number of carbonyl (C=O) groups is 2. The molecule has 1 aliphatic heterocycles. The molecule has 0 atom stereocenters. The summed E-state index contributed by atoms with van der Waals surface area (Å²) < 4.78 is 4.98. The Morgan fingerprint density at radius 2 is 2.00 bits per heavy atom. The van der Waals surface area contributed by atoms with Gasteiger partial charge in [0, 0.05) is 19.0 Å². The van der Waals surface area contributed by atoms with Gasteiger partial charge in [-0.1, -0.05) is 24.3 Å². The third kappa shape index (κ3) is 2.46. The van der Waals surface area contributed by atoms with Crippen molar-refractivity contribution in [3.05, 3.63) is 35.4 Å². The van der Waals surface area contributed by atoms with Gasteiger partial charge in [-0.2, -0.15) is 0 Å². The van der Waals surface area contributed by atoms with Crippen LogP contribution in [-0.2, 0) is 9.53 Å². The molecule has 1 aromatic carbocycles. The van der Waals surface area contributed by atoms with Crippen LogP contribution in [0.1, 0.15) is 42.7 Å². The van der Waals surface area contributed by atoms with Crippen molar-refractivity contribution >= 4 is 12.0 Å². The second-order valence-electron chi connectivity index (χ2n) is 7.71. The van der Waals surface area contributed by atoms with Crippen LogP contribution >= 0.6 is 0 Å². The predicted molar refractivity (Wildman–Crippen MR) is 89.7 cm³/mol. The molecule has 1 heterocycles. The first-order valence-corrected chi connectivity index (χ1v) is 8.74. The fourth-order valence-electron chi connectivity index (χ4n) is 4.44.